The van der Waals surface area contributed by atoms with Gasteiger partial charge in [-0.25, -0.2) is 0 Å². The standard InChI is InChI=1S/C14H18ClN3S/c1-9(2)6-13-17-18-14(19-13)16-8-11-4-5-12(15)7-10(11)3/h4-5,7,9H,6,8H2,1-3H3,(H,16,18). The van der Waals surface area contributed by atoms with Crippen molar-refractivity contribution in [2.24, 2.45) is 5.92 Å². The molecule has 19 heavy (non-hydrogen) atoms. The number of nitrogens with one attached hydrogen (secondary N) is 1. The van der Waals surface area contributed by atoms with Gasteiger partial charge in [-0.3, -0.25) is 0 Å². The zero-order chi connectivity index (χ0) is 13.8. The van der Waals surface area contributed by atoms with E-state index >= 15 is 0 Å². The molecule has 0 bridgehead atoms. The molecule has 1 aromatic heterocycles. The summed E-state index contributed by atoms with van der Waals surface area (Å²) < 4.78 is 0. The number of benzene rings is 1. The Morgan fingerprint density at radius 1 is 1.32 bits per heavy atom. The summed E-state index contributed by atoms with van der Waals surface area (Å²) in [4.78, 5) is 0. The van der Waals surface area contributed by atoms with E-state index in [4.69, 9.17) is 11.6 Å². The Kier molecular flexibility index (Phi) is 4.77. The lowest BCUT2D eigenvalue weighted by Gasteiger charge is -2.06. The molecule has 1 aromatic carbocycles. The molecule has 2 aromatic rings. The number of hydrogen-bond donors (Lipinski definition) is 1. The summed E-state index contributed by atoms with van der Waals surface area (Å²) in [5.74, 6) is 0.610. The summed E-state index contributed by atoms with van der Waals surface area (Å²) in [6, 6.07) is 5.93. The molecule has 0 atom stereocenters. The summed E-state index contributed by atoms with van der Waals surface area (Å²) in [7, 11) is 0. The van der Waals surface area contributed by atoms with E-state index in [1.807, 2.05) is 18.2 Å². The Hall–Kier alpha value is -1.13. The van der Waals surface area contributed by atoms with Gasteiger partial charge >= 0.3 is 0 Å². The van der Waals surface area contributed by atoms with Gasteiger partial charge in [0.15, 0.2) is 0 Å². The number of nitrogens with zero attached hydrogens (tertiary/aromatic N) is 2. The largest absolute Gasteiger partial charge is 0.356 e. The molecule has 0 unspecified atom stereocenters. The van der Waals surface area contributed by atoms with Crippen LogP contribution in [0.25, 0.3) is 0 Å². The van der Waals surface area contributed by atoms with Crippen molar-refractivity contribution in [2.75, 3.05) is 5.32 Å². The van der Waals surface area contributed by atoms with Gasteiger partial charge in [0, 0.05) is 18.0 Å². The molecule has 1 N–H and O–H groups in total. The SMILES string of the molecule is Cc1cc(Cl)ccc1CNc1nnc(CC(C)C)s1. The first-order chi connectivity index (χ1) is 9.04. The van der Waals surface area contributed by atoms with Crippen LogP contribution in [0.3, 0.4) is 0 Å². The van der Waals surface area contributed by atoms with Crippen molar-refractivity contribution < 1.29 is 0 Å². The minimum absolute atomic E-state index is 0.610. The van der Waals surface area contributed by atoms with Crippen LogP contribution in [0.5, 0.6) is 0 Å². The molecule has 1 heterocycles. The maximum absolute atomic E-state index is 5.95. The Labute approximate surface area is 123 Å². The third-order valence-corrected chi connectivity index (χ3v) is 3.92. The van der Waals surface area contributed by atoms with Crippen LogP contribution in [-0.4, -0.2) is 10.2 Å². The second-order valence-electron chi connectivity index (χ2n) is 5.02. The Bertz CT molecular complexity index is 551. The highest BCUT2D eigenvalue weighted by molar-refractivity contribution is 7.15. The quantitative estimate of drug-likeness (QED) is 0.893. The van der Waals surface area contributed by atoms with Gasteiger partial charge in [0.1, 0.15) is 5.01 Å². The molecule has 0 spiro atoms. The third kappa shape index (κ3) is 4.18. The zero-order valence-electron chi connectivity index (χ0n) is 11.4. The second-order valence-corrected chi connectivity index (χ2v) is 6.52. The van der Waals surface area contributed by atoms with E-state index < -0.39 is 0 Å². The number of hydrogen-bond acceptors (Lipinski definition) is 4. The fourth-order valence-corrected chi connectivity index (χ4v) is 2.96. The Morgan fingerprint density at radius 2 is 2.11 bits per heavy atom. The molecule has 0 aliphatic rings. The first-order valence-electron chi connectivity index (χ1n) is 6.36. The molecule has 0 fully saturated rings. The van der Waals surface area contributed by atoms with E-state index in [0.717, 1.165) is 28.1 Å². The molecule has 0 aliphatic heterocycles. The van der Waals surface area contributed by atoms with Crippen molar-refractivity contribution in [3.8, 4) is 0 Å². The molecule has 0 saturated carbocycles. The van der Waals surface area contributed by atoms with Crippen LogP contribution in [0.15, 0.2) is 18.2 Å². The minimum atomic E-state index is 0.610. The average Bonchev–Trinajstić information content (AvgIpc) is 2.74. The van der Waals surface area contributed by atoms with Crippen LogP contribution in [0.4, 0.5) is 5.13 Å². The van der Waals surface area contributed by atoms with Gasteiger partial charge in [-0.05, 0) is 36.1 Å². The monoisotopic (exact) mass is 295 g/mol. The fraction of sp³-hybridized carbons (Fsp3) is 0.429. The van der Waals surface area contributed by atoms with E-state index in [2.05, 4.69) is 36.3 Å². The molecule has 0 amide bonds. The second kappa shape index (κ2) is 6.35. The highest BCUT2D eigenvalue weighted by atomic mass is 35.5. The summed E-state index contributed by atoms with van der Waals surface area (Å²) in [6.45, 7) is 7.18. The molecule has 3 nitrogen and oxygen atoms in total. The first-order valence-corrected chi connectivity index (χ1v) is 7.55. The Balaban J connectivity index is 1.96. The summed E-state index contributed by atoms with van der Waals surface area (Å²) in [6.07, 6.45) is 0.985. The van der Waals surface area contributed by atoms with Gasteiger partial charge in [-0.1, -0.05) is 42.9 Å². The van der Waals surface area contributed by atoms with Crippen molar-refractivity contribution in [1.29, 1.82) is 0 Å². The van der Waals surface area contributed by atoms with Crippen LogP contribution in [0, 0.1) is 12.8 Å². The third-order valence-electron chi connectivity index (χ3n) is 2.78. The number of anilines is 1. The predicted molar refractivity (Wildman–Crippen MR) is 82.0 cm³/mol. The van der Waals surface area contributed by atoms with Gasteiger partial charge in [0.05, 0.1) is 0 Å². The number of halogens is 1. The lowest BCUT2D eigenvalue weighted by molar-refractivity contribution is 0.640. The maximum Gasteiger partial charge on any atom is 0.205 e. The van der Waals surface area contributed by atoms with Crippen molar-refractivity contribution >= 4 is 28.1 Å². The average molecular weight is 296 g/mol. The molecule has 102 valence electrons. The number of rotatable bonds is 5. The van der Waals surface area contributed by atoms with E-state index in [1.54, 1.807) is 11.3 Å². The van der Waals surface area contributed by atoms with Crippen molar-refractivity contribution in [3.63, 3.8) is 0 Å². The highest BCUT2D eigenvalue weighted by Gasteiger charge is 2.06. The van der Waals surface area contributed by atoms with Gasteiger partial charge in [-0.15, -0.1) is 10.2 Å². The number of aromatic nitrogens is 2. The van der Waals surface area contributed by atoms with Crippen LogP contribution >= 0.6 is 22.9 Å². The van der Waals surface area contributed by atoms with Gasteiger partial charge < -0.3 is 5.32 Å². The van der Waals surface area contributed by atoms with Crippen molar-refractivity contribution in [3.05, 3.63) is 39.4 Å². The molecule has 0 saturated heterocycles. The fourth-order valence-electron chi connectivity index (χ4n) is 1.79. The molecular weight excluding hydrogens is 278 g/mol. The van der Waals surface area contributed by atoms with Crippen LogP contribution < -0.4 is 5.32 Å². The van der Waals surface area contributed by atoms with Crippen LogP contribution in [0.1, 0.15) is 30.0 Å². The van der Waals surface area contributed by atoms with Gasteiger partial charge in [0.25, 0.3) is 0 Å². The van der Waals surface area contributed by atoms with Crippen LogP contribution in [-0.2, 0) is 13.0 Å². The van der Waals surface area contributed by atoms with E-state index in [0.29, 0.717) is 5.92 Å². The van der Waals surface area contributed by atoms with Crippen molar-refractivity contribution in [2.45, 2.75) is 33.7 Å². The predicted octanol–water partition coefficient (Wildman–Crippen LogP) is 4.31. The Morgan fingerprint density at radius 3 is 2.79 bits per heavy atom. The minimum Gasteiger partial charge on any atom is -0.356 e. The van der Waals surface area contributed by atoms with E-state index in [-0.39, 0.29) is 0 Å². The lowest BCUT2D eigenvalue weighted by Crippen LogP contribution is -2.00. The highest BCUT2D eigenvalue weighted by Crippen LogP contribution is 2.20. The smallest absolute Gasteiger partial charge is 0.205 e. The molecular formula is C14H18ClN3S. The first kappa shape index (κ1) is 14.3. The van der Waals surface area contributed by atoms with E-state index in [9.17, 15) is 0 Å². The van der Waals surface area contributed by atoms with E-state index in [1.165, 1.54) is 11.1 Å². The summed E-state index contributed by atoms with van der Waals surface area (Å²) in [5.41, 5.74) is 2.41. The number of aryl methyl sites for hydroxylation is 1. The molecule has 0 aliphatic carbocycles. The topological polar surface area (TPSA) is 37.8 Å². The van der Waals surface area contributed by atoms with Crippen LogP contribution in [0.2, 0.25) is 5.02 Å². The van der Waals surface area contributed by atoms with Crippen molar-refractivity contribution in [1.82, 2.24) is 10.2 Å². The molecule has 0 radical (unpaired) electrons. The zero-order valence-corrected chi connectivity index (χ0v) is 13.0. The van der Waals surface area contributed by atoms with Gasteiger partial charge in [0.2, 0.25) is 5.13 Å². The lowest BCUT2D eigenvalue weighted by atomic mass is 10.1. The normalized spacial score (nSPS) is 11.0. The molecule has 5 heteroatoms. The summed E-state index contributed by atoms with van der Waals surface area (Å²) in [5, 5.41) is 14.4. The maximum atomic E-state index is 5.95. The summed E-state index contributed by atoms with van der Waals surface area (Å²) >= 11 is 7.58. The molecule has 2 rings (SSSR count). The van der Waals surface area contributed by atoms with Gasteiger partial charge in [-0.2, -0.15) is 0 Å².